The summed E-state index contributed by atoms with van der Waals surface area (Å²) in [5.41, 5.74) is 8.59. The van der Waals surface area contributed by atoms with E-state index in [9.17, 15) is 0 Å². The van der Waals surface area contributed by atoms with Crippen LogP contribution in [0, 0.1) is 19.3 Å². The van der Waals surface area contributed by atoms with Crippen molar-refractivity contribution in [2.75, 3.05) is 13.2 Å². The Morgan fingerprint density at radius 1 is 0.742 bits per heavy atom. The zero-order chi connectivity index (χ0) is 21.3. The highest BCUT2D eigenvalue weighted by Gasteiger charge is 2.45. The van der Waals surface area contributed by atoms with Gasteiger partial charge >= 0.3 is 0 Å². The highest BCUT2D eigenvalue weighted by molar-refractivity contribution is 6.01. The molecule has 0 radical (unpaired) electrons. The first kappa shape index (κ1) is 20.2. The van der Waals surface area contributed by atoms with Crippen LogP contribution in [-0.4, -0.2) is 34.6 Å². The van der Waals surface area contributed by atoms with Crippen LogP contribution in [0.15, 0.2) is 34.6 Å². The van der Waals surface area contributed by atoms with Gasteiger partial charge in [0.1, 0.15) is 24.6 Å². The van der Waals surface area contributed by atoms with Crippen LogP contribution < -0.4 is 0 Å². The molecule has 0 atom stereocenters. The molecule has 2 heterocycles. The van der Waals surface area contributed by atoms with E-state index in [0.717, 1.165) is 85.6 Å². The number of oxime groups is 2. The summed E-state index contributed by atoms with van der Waals surface area (Å²) >= 11 is 0. The second-order valence-corrected chi connectivity index (χ2v) is 9.25. The number of aryl methyl sites for hydroxylation is 4. The molecule has 162 valence electrons. The molecule has 1 saturated carbocycles. The van der Waals surface area contributed by atoms with E-state index in [2.05, 4.69) is 34.6 Å². The van der Waals surface area contributed by atoms with Crippen molar-refractivity contribution in [1.82, 2.24) is 9.97 Å². The Morgan fingerprint density at radius 3 is 1.68 bits per heavy atom. The molecule has 0 spiro atoms. The molecule has 0 aromatic carbocycles. The molecule has 2 aromatic rings. The highest BCUT2D eigenvalue weighted by atomic mass is 16.6. The van der Waals surface area contributed by atoms with E-state index in [1.54, 1.807) is 0 Å². The van der Waals surface area contributed by atoms with Gasteiger partial charge in [0.15, 0.2) is 0 Å². The van der Waals surface area contributed by atoms with E-state index in [4.69, 9.17) is 19.6 Å². The second-order valence-electron chi connectivity index (χ2n) is 9.25. The quantitative estimate of drug-likeness (QED) is 0.638. The van der Waals surface area contributed by atoms with Crippen molar-refractivity contribution in [3.05, 3.63) is 58.2 Å². The van der Waals surface area contributed by atoms with Crippen LogP contribution in [0.25, 0.3) is 0 Å². The molecule has 1 fully saturated rings. The summed E-state index contributed by atoms with van der Waals surface area (Å²) in [6, 6.07) is 8.48. The van der Waals surface area contributed by atoms with Crippen LogP contribution in [0.1, 0.15) is 72.4 Å². The van der Waals surface area contributed by atoms with Crippen molar-refractivity contribution in [2.45, 2.75) is 65.2 Å². The summed E-state index contributed by atoms with van der Waals surface area (Å²) in [6.45, 7) is 5.17. The van der Waals surface area contributed by atoms with E-state index in [1.165, 1.54) is 11.1 Å². The average molecular weight is 419 g/mol. The minimum Gasteiger partial charge on any atom is -0.395 e. The predicted octanol–water partition coefficient (Wildman–Crippen LogP) is 4.69. The molecule has 0 unspecified atom stereocenters. The number of rotatable bonds is 6. The Bertz CT molecular complexity index is 960. The van der Waals surface area contributed by atoms with Crippen LogP contribution in [0.3, 0.4) is 0 Å². The van der Waals surface area contributed by atoms with Crippen LogP contribution in [0.2, 0.25) is 0 Å². The van der Waals surface area contributed by atoms with Crippen LogP contribution in [0.4, 0.5) is 0 Å². The molecular weight excluding hydrogens is 388 g/mol. The van der Waals surface area contributed by atoms with Gasteiger partial charge < -0.3 is 9.68 Å². The van der Waals surface area contributed by atoms with Gasteiger partial charge in [-0.2, -0.15) is 0 Å². The minimum absolute atomic E-state index is 0.0309. The van der Waals surface area contributed by atoms with E-state index in [1.807, 2.05) is 13.8 Å². The summed E-state index contributed by atoms with van der Waals surface area (Å²) in [4.78, 5) is 21.0. The van der Waals surface area contributed by atoms with Gasteiger partial charge in [-0.3, -0.25) is 9.97 Å². The lowest BCUT2D eigenvalue weighted by atomic mass is 9.94. The van der Waals surface area contributed by atoms with Gasteiger partial charge in [-0.25, -0.2) is 0 Å². The fraction of sp³-hybridized carbons (Fsp3) is 0.520. The molecule has 0 aliphatic heterocycles. The molecule has 6 nitrogen and oxygen atoms in total. The first-order valence-electron chi connectivity index (χ1n) is 11.4. The Balaban J connectivity index is 1.20. The van der Waals surface area contributed by atoms with Gasteiger partial charge in [0.25, 0.3) is 0 Å². The molecule has 0 bridgehead atoms. The van der Waals surface area contributed by atoms with Crippen molar-refractivity contribution < 1.29 is 9.68 Å². The summed E-state index contributed by atoms with van der Waals surface area (Å²) in [7, 11) is 0. The van der Waals surface area contributed by atoms with E-state index >= 15 is 0 Å². The van der Waals surface area contributed by atoms with Crippen molar-refractivity contribution in [2.24, 2.45) is 15.7 Å². The largest absolute Gasteiger partial charge is 0.395 e. The molecule has 0 N–H and O–H groups in total. The summed E-state index contributed by atoms with van der Waals surface area (Å²) in [6.07, 6.45) is 8.35. The van der Waals surface area contributed by atoms with Gasteiger partial charge in [-0.1, -0.05) is 22.4 Å². The normalized spacial score (nSPS) is 21.5. The van der Waals surface area contributed by atoms with Crippen molar-refractivity contribution >= 4 is 11.4 Å². The summed E-state index contributed by atoms with van der Waals surface area (Å²) in [5, 5.41) is 8.96. The summed E-state index contributed by atoms with van der Waals surface area (Å²) in [5.74, 6) is 0. The number of aromatic nitrogens is 2. The van der Waals surface area contributed by atoms with E-state index in [0.29, 0.717) is 13.2 Å². The number of fused-ring (bicyclic) bond motifs is 2. The lowest BCUT2D eigenvalue weighted by molar-refractivity contribution is 0.0316. The maximum Gasteiger partial charge on any atom is 0.126 e. The maximum atomic E-state index is 5.82. The van der Waals surface area contributed by atoms with Gasteiger partial charge in [-0.05, 0) is 88.5 Å². The zero-order valence-electron chi connectivity index (χ0n) is 18.5. The van der Waals surface area contributed by atoms with Crippen molar-refractivity contribution in [1.29, 1.82) is 0 Å². The Labute approximate surface area is 183 Å². The Morgan fingerprint density at radius 2 is 1.23 bits per heavy atom. The first-order valence-corrected chi connectivity index (χ1v) is 11.4. The number of hydrogen-bond acceptors (Lipinski definition) is 6. The van der Waals surface area contributed by atoms with Gasteiger partial charge in [0, 0.05) is 16.8 Å². The van der Waals surface area contributed by atoms with E-state index in [-0.39, 0.29) is 5.41 Å². The molecular formula is C25H30N4O2. The Kier molecular flexibility index (Phi) is 5.47. The lowest BCUT2D eigenvalue weighted by Crippen LogP contribution is -2.19. The molecule has 0 amide bonds. The van der Waals surface area contributed by atoms with Gasteiger partial charge in [0.2, 0.25) is 0 Å². The topological polar surface area (TPSA) is 69.0 Å². The molecule has 2 aromatic heterocycles. The van der Waals surface area contributed by atoms with Crippen molar-refractivity contribution in [3.8, 4) is 0 Å². The van der Waals surface area contributed by atoms with Crippen LogP contribution >= 0.6 is 0 Å². The monoisotopic (exact) mass is 418 g/mol. The third-order valence-corrected chi connectivity index (χ3v) is 6.55. The molecule has 0 saturated heterocycles. The molecule has 3 aliphatic rings. The molecule has 5 rings (SSSR count). The number of nitrogens with zero attached hydrogens (tertiary/aromatic N) is 4. The third-order valence-electron chi connectivity index (χ3n) is 6.55. The fourth-order valence-electron chi connectivity index (χ4n) is 4.38. The van der Waals surface area contributed by atoms with Crippen molar-refractivity contribution in [3.63, 3.8) is 0 Å². The van der Waals surface area contributed by atoms with E-state index < -0.39 is 0 Å². The van der Waals surface area contributed by atoms with Crippen LogP contribution in [-0.2, 0) is 22.5 Å². The SMILES string of the molecule is Cc1ccc2c(n1)/C(=N/OCC1(CO/N=C3\CCCc4ccc(C)nc43)CC1)CCC2. The first-order chi connectivity index (χ1) is 15.1. The second kappa shape index (κ2) is 8.40. The third kappa shape index (κ3) is 4.48. The fourth-order valence-corrected chi connectivity index (χ4v) is 4.38. The van der Waals surface area contributed by atoms with Gasteiger partial charge in [-0.15, -0.1) is 0 Å². The molecule has 3 aliphatic carbocycles. The number of hydrogen-bond donors (Lipinski definition) is 0. The predicted molar refractivity (Wildman–Crippen MR) is 120 cm³/mol. The average Bonchev–Trinajstić information content (AvgIpc) is 3.54. The zero-order valence-corrected chi connectivity index (χ0v) is 18.5. The minimum atomic E-state index is 0.0309. The Hall–Kier alpha value is -2.76. The smallest absolute Gasteiger partial charge is 0.126 e. The molecule has 31 heavy (non-hydrogen) atoms. The van der Waals surface area contributed by atoms with Crippen LogP contribution in [0.5, 0.6) is 0 Å². The molecule has 6 heteroatoms. The standard InChI is InChI=1S/C25H30N4O2/c1-17-9-11-19-5-3-7-21(23(19)26-17)28-30-15-25(13-14-25)16-31-29-22-8-4-6-20-12-10-18(2)27-24(20)22/h9-12H,3-8,13-16H2,1-2H3/b28-21+,29-22+. The maximum absolute atomic E-state index is 5.82. The summed E-state index contributed by atoms with van der Waals surface area (Å²) < 4.78 is 0. The highest BCUT2D eigenvalue weighted by Crippen LogP contribution is 2.46. The number of pyridine rings is 2. The van der Waals surface area contributed by atoms with Gasteiger partial charge in [0.05, 0.1) is 11.4 Å². The lowest BCUT2D eigenvalue weighted by Gasteiger charge is -2.19.